The Labute approximate surface area is 178 Å². The average Bonchev–Trinajstić information content (AvgIpc) is 3.13. The number of nitro benzene ring substituents is 1. The Balaban J connectivity index is 1.56. The second-order valence-corrected chi connectivity index (χ2v) is 8.18. The van der Waals surface area contributed by atoms with Gasteiger partial charge in [0.15, 0.2) is 5.16 Å². The van der Waals surface area contributed by atoms with E-state index >= 15 is 0 Å². The summed E-state index contributed by atoms with van der Waals surface area (Å²) in [5, 5.41) is 25.3. The molecule has 0 bridgehead atoms. The van der Waals surface area contributed by atoms with Gasteiger partial charge in [0.1, 0.15) is 6.33 Å². The molecule has 1 aromatic heterocycles. The molecule has 10 nitrogen and oxygen atoms in total. The van der Waals surface area contributed by atoms with Crippen LogP contribution in [0.25, 0.3) is 0 Å². The molecule has 2 amide bonds. The molecule has 1 aromatic carbocycles. The van der Waals surface area contributed by atoms with E-state index in [0.29, 0.717) is 10.1 Å². The number of amides is 2. The topological polar surface area (TPSA) is 132 Å². The van der Waals surface area contributed by atoms with Crippen LogP contribution in [0.3, 0.4) is 0 Å². The Kier molecular flexibility index (Phi) is 7.39. The van der Waals surface area contributed by atoms with Crippen molar-refractivity contribution in [2.24, 2.45) is 7.05 Å². The number of aryl methyl sites for hydroxylation is 1. The summed E-state index contributed by atoms with van der Waals surface area (Å²) in [6.07, 6.45) is 7.15. The predicted octanol–water partition coefficient (Wildman–Crippen LogP) is 2.44. The van der Waals surface area contributed by atoms with Crippen molar-refractivity contribution in [3.8, 4) is 0 Å². The average molecular weight is 433 g/mol. The molecule has 0 radical (unpaired) electrons. The summed E-state index contributed by atoms with van der Waals surface area (Å²) >= 11 is 1.10. The maximum absolute atomic E-state index is 12.4. The first-order chi connectivity index (χ1) is 14.4. The summed E-state index contributed by atoms with van der Waals surface area (Å²) in [4.78, 5) is 35.7. The van der Waals surface area contributed by atoms with Gasteiger partial charge in [-0.3, -0.25) is 19.7 Å². The first-order valence-electron chi connectivity index (χ1n) is 9.82. The highest BCUT2D eigenvalue weighted by Crippen LogP contribution is 2.34. The molecule has 1 saturated carbocycles. The maximum atomic E-state index is 12.4. The Hall–Kier alpha value is -2.95. The predicted molar refractivity (Wildman–Crippen MR) is 110 cm³/mol. The van der Waals surface area contributed by atoms with Crippen LogP contribution >= 0.6 is 11.8 Å². The van der Waals surface area contributed by atoms with Crippen molar-refractivity contribution in [3.05, 3.63) is 40.2 Å². The van der Waals surface area contributed by atoms with Crippen molar-refractivity contribution in [2.45, 2.75) is 54.6 Å². The third kappa shape index (κ3) is 5.78. The lowest BCUT2D eigenvalue weighted by Gasteiger charge is -2.22. The van der Waals surface area contributed by atoms with Gasteiger partial charge in [-0.1, -0.05) is 19.3 Å². The molecule has 1 aliphatic rings. The van der Waals surface area contributed by atoms with E-state index < -0.39 is 10.8 Å². The molecular weight excluding hydrogens is 408 g/mol. The van der Waals surface area contributed by atoms with Crippen molar-refractivity contribution in [1.82, 2.24) is 25.4 Å². The second kappa shape index (κ2) is 10.2. The van der Waals surface area contributed by atoms with E-state index in [1.54, 1.807) is 11.6 Å². The minimum Gasteiger partial charge on any atom is -0.353 e. The summed E-state index contributed by atoms with van der Waals surface area (Å²) in [5.74, 6) is -0.553. The first kappa shape index (κ1) is 21.8. The number of nitro groups is 1. The smallest absolute Gasteiger partial charge is 0.284 e. The fraction of sp³-hybridized carbons (Fsp3) is 0.474. The molecule has 11 heteroatoms. The molecule has 2 N–H and O–H groups in total. The number of nitrogens with one attached hydrogen (secondary N) is 2. The van der Waals surface area contributed by atoms with E-state index in [-0.39, 0.29) is 36.2 Å². The number of nitrogens with zero attached hydrogens (tertiary/aromatic N) is 4. The van der Waals surface area contributed by atoms with Gasteiger partial charge in [0.2, 0.25) is 5.91 Å². The van der Waals surface area contributed by atoms with Gasteiger partial charge in [-0.05, 0) is 36.7 Å². The summed E-state index contributed by atoms with van der Waals surface area (Å²) in [6, 6.07) is 4.49. The molecule has 0 atom stereocenters. The summed E-state index contributed by atoms with van der Waals surface area (Å²) in [5.41, 5.74) is -0.0256. The minimum atomic E-state index is -0.535. The van der Waals surface area contributed by atoms with Crippen molar-refractivity contribution in [1.29, 1.82) is 0 Å². The van der Waals surface area contributed by atoms with E-state index in [9.17, 15) is 19.7 Å². The number of carbonyl (C=O) groups is 2. The summed E-state index contributed by atoms with van der Waals surface area (Å²) in [6.45, 7) is 0.167. The molecule has 0 spiro atoms. The van der Waals surface area contributed by atoms with E-state index in [1.165, 1.54) is 30.9 Å². The normalized spacial score (nSPS) is 14.3. The number of aromatic nitrogens is 3. The summed E-state index contributed by atoms with van der Waals surface area (Å²) < 4.78 is 1.65. The lowest BCUT2D eigenvalue weighted by Crippen LogP contribution is -2.38. The zero-order chi connectivity index (χ0) is 21.5. The fourth-order valence-electron chi connectivity index (χ4n) is 3.29. The number of carbonyl (C=O) groups excluding carboxylic acids is 2. The van der Waals surface area contributed by atoms with E-state index in [0.717, 1.165) is 37.4 Å². The molecule has 0 saturated heterocycles. The van der Waals surface area contributed by atoms with Crippen LogP contribution in [-0.2, 0) is 11.8 Å². The Morgan fingerprint density at radius 1 is 1.30 bits per heavy atom. The van der Waals surface area contributed by atoms with E-state index in [2.05, 4.69) is 20.8 Å². The van der Waals surface area contributed by atoms with Gasteiger partial charge in [-0.2, -0.15) is 0 Å². The highest BCUT2D eigenvalue weighted by Gasteiger charge is 2.20. The molecule has 3 rings (SSSR count). The van der Waals surface area contributed by atoms with Crippen LogP contribution in [0.2, 0.25) is 0 Å². The molecule has 160 valence electrons. The highest BCUT2D eigenvalue weighted by molar-refractivity contribution is 7.99. The molecule has 0 unspecified atom stereocenters. The minimum absolute atomic E-state index is 0.0939. The van der Waals surface area contributed by atoms with Crippen molar-refractivity contribution >= 4 is 29.3 Å². The summed E-state index contributed by atoms with van der Waals surface area (Å²) in [7, 11) is 1.74. The van der Waals surface area contributed by atoms with Gasteiger partial charge in [0.25, 0.3) is 11.6 Å². The fourth-order valence-corrected chi connectivity index (χ4v) is 4.14. The van der Waals surface area contributed by atoms with Gasteiger partial charge in [-0.25, -0.2) is 0 Å². The van der Waals surface area contributed by atoms with Crippen LogP contribution in [-0.4, -0.2) is 44.1 Å². The molecular formula is C19H24N6O4S. The number of hydrogen-bond acceptors (Lipinski definition) is 7. The quantitative estimate of drug-likeness (QED) is 0.484. The molecule has 1 aliphatic carbocycles. The third-order valence-corrected chi connectivity index (χ3v) is 6.01. The number of benzene rings is 1. The standard InChI is InChI=1S/C19H24N6O4S/c1-24-12-21-23-19(24)30-16-8-7-13(11-15(16)25(28)29)18(27)20-10-9-17(26)22-14-5-3-2-4-6-14/h7-8,11-12,14H,2-6,9-10H2,1H3,(H,20,27)(H,22,26). The zero-order valence-corrected chi connectivity index (χ0v) is 17.5. The van der Waals surface area contributed by atoms with Crippen LogP contribution in [0.15, 0.2) is 34.6 Å². The van der Waals surface area contributed by atoms with Crippen molar-refractivity contribution in [3.63, 3.8) is 0 Å². The lowest BCUT2D eigenvalue weighted by molar-refractivity contribution is -0.387. The Morgan fingerprint density at radius 3 is 2.73 bits per heavy atom. The van der Waals surface area contributed by atoms with Gasteiger partial charge >= 0.3 is 0 Å². The largest absolute Gasteiger partial charge is 0.353 e. The monoisotopic (exact) mass is 432 g/mol. The molecule has 1 fully saturated rings. The number of rotatable bonds is 8. The highest BCUT2D eigenvalue weighted by atomic mass is 32.2. The van der Waals surface area contributed by atoms with Crippen molar-refractivity contribution in [2.75, 3.05) is 6.54 Å². The van der Waals surface area contributed by atoms with Gasteiger partial charge in [-0.15, -0.1) is 10.2 Å². The van der Waals surface area contributed by atoms with Crippen LogP contribution in [0.5, 0.6) is 0 Å². The SMILES string of the molecule is Cn1cnnc1Sc1ccc(C(=O)NCCC(=O)NC2CCCCC2)cc1[N+](=O)[O-]. The Morgan fingerprint density at radius 2 is 2.07 bits per heavy atom. The molecule has 1 heterocycles. The molecule has 0 aliphatic heterocycles. The third-order valence-electron chi connectivity index (χ3n) is 4.90. The zero-order valence-electron chi connectivity index (χ0n) is 16.7. The van der Waals surface area contributed by atoms with Crippen molar-refractivity contribution < 1.29 is 14.5 Å². The second-order valence-electron chi connectivity index (χ2n) is 7.17. The van der Waals surface area contributed by atoms with Crippen LogP contribution < -0.4 is 10.6 Å². The van der Waals surface area contributed by atoms with Crippen LogP contribution in [0.4, 0.5) is 5.69 Å². The molecule has 30 heavy (non-hydrogen) atoms. The van der Waals surface area contributed by atoms with E-state index in [4.69, 9.17) is 0 Å². The first-order valence-corrected chi connectivity index (χ1v) is 10.6. The van der Waals surface area contributed by atoms with Crippen LogP contribution in [0.1, 0.15) is 48.9 Å². The van der Waals surface area contributed by atoms with Crippen LogP contribution in [0, 0.1) is 10.1 Å². The van der Waals surface area contributed by atoms with E-state index in [1.807, 2.05) is 0 Å². The lowest BCUT2D eigenvalue weighted by atomic mass is 9.95. The van der Waals surface area contributed by atoms with Gasteiger partial charge in [0, 0.05) is 37.7 Å². The molecule has 2 aromatic rings. The van der Waals surface area contributed by atoms with Gasteiger partial charge < -0.3 is 15.2 Å². The maximum Gasteiger partial charge on any atom is 0.284 e. The number of hydrogen-bond donors (Lipinski definition) is 2. The Bertz CT molecular complexity index is 925. The van der Waals surface area contributed by atoms with Gasteiger partial charge in [0.05, 0.1) is 9.82 Å².